The molecule has 0 unspecified atom stereocenters. The molecular formula is C10H9BrClNO3. The van der Waals surface area contributed by atoms with E-state index in [9.17, 15) is 9.59 Å². The Kier molecular flexibility index (Phi) is 4.76. The molecule has 1 aromatic carbocycles. The standard InChI is InChI=1S/C10H9BrClNO3/c11-7-2-1-6(5-8(7)12)10(16)13-4-3-9(14)15/h1-2,5H,3-4H2,(H,13,16)(H,14,15). The zero-order chi connectivity index (χ0) is 12.1. The summed E-state index contributed by atoms with van der Waals surface area (Å²) >= 11 is 9.03. The Morgan fingerprint density at radius 3 is 2.69 bits per heavy atom. The highest BCUT2D eigenvalue weighted by atomic mass is 79.9. The molecule has 0 aromatic heterocycles. The van der Waals surface area contributed by atoms with Crippen LogP contribution in [0.3, 0.4) is 0 Å². The maximum absolute atomic E-state index is 11.5. The molecule has 16 heavy (non-hydrogen) atoms. The van der Waals surface area contributed by atoms with Gasteiger partial charge >= 0.3 is 5.97 Å². The molecule has 86 valence electrons. The van der Waals surface area contributed by atoms with E-state index >= 15 is 0 Å². The fraction of sp³-hybridized carbons (Fsp3) is 0.200. The maximum Gasteiger partial charge on any atom is 0.305 e. The molecule has 2 N–H and O–H groups in total. The van der Waals surface area contributed by atoms with Gasteiger partial charge in [0.15, 0.2) is 0 Å². The second-order valence-corrected chi connectivity index (χ2v) is 4.29. The summed E-state index contributed by atoms with van der Waals surface area (Å²) in [7, 11) is 0. The fourth-order valence-electron chi connectivity index (χ4n) is 1.02. The molecule has 0 saturated heterocycles. The van der Waals surface area contributed by atoms with Crippen molar-refractivity contribution in [2.75, 3.05) is 6.54 Å². The van der Waals surface area contributed by atoms with Crippen LogP contribution in [0.4, 0.5) is 0 Å². The first kappa shape index (κ1) is 13.0. The van der Waals surface area contributed by atoms with E-state index in [1.165, 1.54) is 6.07 Å². The van der Waals surface area contributed by atoms with Gasteiger partial charge in [-0.2, -0.15) is 0 Å². The van der Waals surface area contributed by atoms with Gasteiger partial charge < -0.3 is 10.4 Å². The highest BCUT2D eigenvalue weighted by Gasteiger charge is 2.07. The lowest BCUT2D eigenvalue weighted by molar-refractivity contribution is -0.136. The summed E-state index contributed by atoms with van der Waals surface area (Å²) in [6, 6.07) is 4.78. The van der Waals surface area contributed by atoms with Crippen LogP contribution in [0.25, 0.3) is 0 Å². The number of nitrogens with one attached hydrogen (secondary N) is 1. The molecule has 0 aliphatic carbocycles. The summed E-state index contributed by atoms with van der Waals surface area (Å²) in [6.07, 6.45) is -0.101. The number of carbonyl (C=O) groups is 2. The van der Waals surface area contributed by atoms with E-state index in [0.29, 0.717) is 15.1 Å². The molecular weight excluding hydrogens is 297 g/mol. The first-order valence-corrected chi connectivity index (χ1v) is 5.63. The Morgan fingerprint density at radius 1 is 1.44 bits per heavy atom. The van der Waals surface area contributed by atoms with Gasteiger partial charge in [-0.3, -0.25) is 9.59 Å². The number of amides is 1. The molecule has 0 atom stereocenters. The van der Waals surface area contributed by atoms with Gasteiger partial charge in [0, 0.05) is 16.6 Å². The molecule has 0 radical (unpaired) electrons. The molecule has 0 saturated carbocycles. The molecule has 6 heteroatoms. The number of carboxylic acids is 1. The largest absolute Gasteiger partial charge is 0.481 e. The molecule has 4 nitrogen and oxygen atoms in total. The average Bonchev–Trinajstić information content (AvgIpc) is 2.21. The molecule has 0 spiro atoms. The van der Waals surface area contributed by atoms with E-state index in [2.05, 4.69) is 21.2 Å². The molecule has 0 bridgehead atoms. The summed E-state index contributed by atoms with van der Waals surface area (Å²) in [5.41, 5.74) is 0.401. The minimum Gasteiger partial charge on any atom is -0.481 e. The summed E-state index contributed by atoms with van der Waals surface area (Å²) in [4.78, 5) is 21.7. The third-order valence-corrected chi connectivity index (χ3v) is 3.04. The van der Waals surface area contributed by atoms with Gasteiger partial charge in [-0.05, 0) is 34.1 Å². The van der Waals surface area contributed by atoms with Crippen LogP contribution in [-0.4, -0.2) is 23.5 Å². The van der Waals surface area contributed by atoms with E-state index in [4.69, 9.17) is 16.7 Å². The van der Waals surface area contributed by atoms with Gasteiger partial charge in [-0.15, -0.1) is 0 Å². The quantitative estimate of drug-likeness (QED) is 0.897. The number of halogens is 2. The highest BCUT2D eigenvalue weighted by molar-refractivity contribution is 9.10. The molecule has 1 aromatic rings. The first-order chi connectivity index (χ1) is 7.50. The van der Waals surface area contributed by atoms with Crippen molar-refractivity contribution in [2.45, 2.75) is 6.42 Å². The van der Waals surface area contributed by atoms with Crippen LogP contribution in [0.1, 0.15) is 16.8 Å². The second kappa shape index (κ2) is 5.86. The molecule has 0 heterocycles. The van der Waals surface area contributed by atoms with Crippen LogP contribution < -0.4 is 5.32 Å². The maximum atomic E-state index is 11.5. The van der Waals surface area contributed by atoms with Crippen molar-refractivity contribution in [3.05, 3.63) is 33.3 Å². The molecule has 1 amide bonds. The third-order valence-electron chi connectivity index (χ3n) is 1.81. The summed E-state index contributed by atoms with van der Waals surface area (Å²) in [6.45, 7) is 0.0991. The average molecular weight is 307 g/mol. The van der Waals surface area contributed by atoms with Crippen molar-refractivity contribution in [3.63, 3.8) is 0 Å². The third kappa shape index (κ3) is 3.83. The number of hydrogen-bond acceptors (Lipinski definition) is 2. The SMILES string of the molecule is O=C(O)CCNC(=O)c1ccc(Br)c(Cl)c1. The number of rotatable bonds is 4. The van der Waals surface area contributed by atoms with Gasteiger partial charge in [-0.25, -0.2) is 0 Å². The van der Waals surface area contributed by atoms with Crippen LogP contribution in [0.5, 0.6) is 0 Å². The molecule has 0 aliphatic rings. The molecule has 0 fully saturated rings. The van der Waals surface area contributed by atoms with Crippen molar-refractivity contribution in [3.8, 4) is 0 Å². The monoisotopic (exact) mass is 305 g/mol. The molecule has 0 aliphatic heterocycles. The van der Waals surface area contributed by atoms with Gasteiger partial charge in [0.25, 0.3) is 5.91 Å². The van der Waals surface area contributed by atoms with Crippen molar-refractivity contribution in [1.29, 1.82) is 0 Å². The minimum atomic E-state index is -0.950. The first-order valence-electron chi connectivity index (χ1n) is 4.45. The van der Waals surface area contributed by atoms with E-state index in [1.807, 2.05) is 0 Å². The van der Waals surface area contributed by atoms with Crippen LogP contribution in [-0.2, 0) is 4.79 Å². The van der Waals surface area contributed by atoms with Crippen LogP contribution in [0.2, 0.25) is 5.02 Å². The molecule has 1 rings (SSSR count). The number of aliphatic carboxylic acids is 1. The van der Waals surface area contributed by atoms with Crippen molar-refractivity contribution < 1.29 is 14.7 Å². The predicted octanol–water partition coefficient (Wildman–Crippen LogP) is 2.31. The van der Waals surface area contributed by atoms with E-state index in [1.54, 1.807) is 12.1 Å². The van der Waals surface area contributed by atoms with Crippen LogP contribution in [0.15, 0.2) is 22.7 Å². The summed E-state index contributed by atoms with van der Waals surface area (Å²) < 4.78 is 0.705. The number of benzene rings is 1. The Bertz CT molecular complexity index is 423. The lowest BCUT2D eigenvalue weighted by atomic mass is 10.2. The normalized spacial score (nSPS) is 9.88. The number of carbonyl (C=O) groups excluding carboxylic acids is 1. The minimum absolute atomic E-state index is 0.0991. The Hall–Kier alpha value is -1.07. The Labute approximate surface area is 106 Å². The Morgan fingerprint density at radius 2 is 2.12 bits per heavy atom. The number of hydrogen-bond donors (Lipinski definition) is 2. The van der Waals surface area contributed by atoms with E-state index < -0.39 is 5.97 Å². The lowest BCUT2D eigenvalue weighted by Gasteiger charge is -2.04. The topological polar surface area (TPSA) is 66.4 Å². The smallest absolute Gasteiger partial charge is 0.305 e. The Balaban J connectivity index is 2.59. The fourth-order valence-corrected chi connectivity index (χ4v) is 1.45. The summed E-state index contributed by atoms with van der Waals surface area (Å²) in [5, 5.41) is 11.3. The zero-order valence-corrected chi connectivity index (χ0v) is 10.5. The van der Waals surface area contributed by atoms with Gasteiger partial charge in [-0.1, -0.05) is 11.6 Å². The van der Waals surface area contributed by atoms with Gasteiger partial charge in [0.2, 0.25) is 0 Å². The zero-order valence-electron chi connectivity index (χ0n) is 8.17. The number of carboxylic acid groups (broad SMARTS) is 1. The van der Waals surface area contributed by atoms with Gasteiger partial charge in [0.05, 0.1) is 11.4 Å². The van der Waals surface area contributed by atoms with E-state index in [-0.39, 0.29) is 18.9 Å². The summed E-state index contributed by atoms with van der Waals surface area (Å²) in [5.74, 6) is -1.29. The van der Waals surface area contributed by atoms with E-state index in [0.717, 1.165) is 0 Å². The predicted molar refractivity (Wildman–Crippen MR) is 63.7 cm³/mol. The van der Waals surface area contributed by atoms with Crippen LogP contribution >= 0.6 is 27.5 Å². The lowest BCUT2D eigenvalue weighted by Crippen LogP contribution is -2.25. The second-order valence-electron chi connectivity index (χ2n) is 3.03. The van der Waals surface area contributed by atoms with Gasteiger partial charge in [0.1, 0.15) is 0 Å². The van der Waals surface area contributed by atoms with Crippen molar-refractivity contribution in [2.24, 2.45) is 0 Å². The van der Waals surface area contributed by atoms with Crippen LogP contribution in [0, 0.1) is 0 Å². The van der Waals surface area contributed by atoms with Crippen molar-refractivity contribution in [1.82, 2.24) is 5.32 Å². The highest BCUT2D eigenvalue weighted by Crippen LogP contribution is 2.22. The van der Waals surface area contributed by atoms with Crippen molar-refractivity contribution >= 4 is 39.4 Å².